The standard InChI is InChI=1S/C42H52N2O5/c1-3-10-28(24-30-17-19-37(46)34-15-9-8-14-33(30)34)16-18-38(47)39-31(11-4-2)25-35-40(36(39)27-45)42(49)44(41(35)48)32-20-22-43(23-21-32)26-29-12-6-5-7-13-29/h5-9,12-15,17,19,24,32,35-36,38,40,45-47H,3-4,10-11,16,18,20-23,25-27H2,1-2H3/b28-24+/t35-,36+,38-,40-/m1/s1. The summed E-state index contributed by atoms with van der Waals surface area (Å²) < 4.78 is 0. The molecule has 0 aromatic heterocycles. The first-order valence-electron chi connectivity index (χ1n) is 18.4. The summed E-state index contributed by atoms with van der Waals surface area (Å²) in [6, 6.07) is 21.8. The van der Waals surface area contributed by atoms with Crippen LogP contribution in [0.2, 0.25) is 0 Å². The van der Waals surface area contributed by atoms with Crippen LogP contribution in [-0.4, -0.2) is 68.8 Å². The van der Waals surface area contributed by atoms with Gasteiger partial charge in [-0.05, 0) is 73.1 Å². The van der Waals surface area contributed by atoms with E-state index >= 15 is 0 Å². The molecule has 3 N–H and O–H groups in total. The van der Waals surface area contributed by atoms with E-state index in [-0.39, 0.29) is 30.2 Å². The van der Waals surface area contributed by atoms with E-state index in [1.807, 2.05) is 36.4 Å². The number of nitrogens with zero attached hydrogens (tertiary/aromatic N) is 2. The third-order valence-corrected chi connectivity index (χ3v) is 11.1. The predicted octanol–water partition coefficient (Wildman–Crippen LogP) is 7.24. The van der Waals surface area contributed by atoms with Gasteiger partial charge in [-0.1, -0.05) is 105 Å². The number of aliphatic hydroxyl groups excluding tert-OH is 2. The first-order chi connectivity index (χ1) is 23.8. The van der Waals surface area contributed by atoms with Crippen LogP contribution < -0.4 is 0 Å². The Balaban J connectivity index is 1.18. The highest BCUT2D eigenvalue weighted by Gasteiger charge is 2.56. The van der Waals surface area contributed by atoms with E-state index in [1.165, 1.54) is 11.1 Å². The van der Waals surface area contributed by atoms with Gasteiger partial charge in [-0.25, -0.2) is 0 Å². The van der Waals surface area contributed by atoms with E-state index in [4.69, 9.17) is 0 Å². The van der Waals surface area contributed by atoms with Crippen LogP contribution in [0.15, 0.2) is 83.4 Å². The molecule has 260 valence electrons. The third kappa shape index (κ3) is 7.40. The van der Waals surface area contributed by atoms with Crippen molar-refractivity contribution in [2.75, 3.05) is 19.7 Å². The molecule has 2 aliphatic heterocycles. The number of hydrogen-bond donors (Lipinski definition) is 3. The number of amides is 2. The summed E-state index contributed by atoms with van der Waals surface area (Å²) in [5, 5.41) is 34.9. The normalized spacial score (nSPS) is 23.1. The lowest BCUT2D eigenvalue weighted by Gasteiger charge is -2.37. The van der Waals surface area contributed by atoms with Crippen LogP contribution in [0, 0.1) is 17.8 Å². The SMILES string of the molecule is CCCC1=C([C@H](O)CC/C(=C/c2ccc(O)c3ccccc23)CCC)[C@H](CO)[C@@H]2C(=O)N(C3CCN(Cc4ccccc4)CC3)C(=O)[C@@H]2C1. The average molecular weight is 665 g/mol. The molecule has 0 saturated carbocycles. The topological polar surface area (TPSA) is 101 Å². The number of hydrogen-bond acceptors (Lipinski definition) is 6. The number of rotatable bonds is 13. The summed E-state index contributed by atoms with van der Waals surface area (Å²) in [5.41, 5.74) is 5.34. The van der Waals surface area contributed by atoms with Crippen molar-refractivity contribution in [3.05, 3.63) is 94.6 Å². The summed E-state index contributed by atoms with van der Waals surface area (Å²) in [5.74, 6) is -1.65. The lowest BCUT2D eigenvalue weighted by molar-refractivity contribution is -0.144. The van der Waals surface area contributed by atoms with E-state index in [9.17, 15) is 24.9 Å². The Hall–Kier alpha value is -3.78. The van der Waals surface area contributed by atoms with Gasteiger partial charge in [-0.2, -0.15) is 0 Å². The second-order valence-electron chi connectivity index (χ2n) is 14.3. The van der Waals surface area contributed by atoms with Gasteiger partial charge in [0, 0.05) is 37.0 Å². The van der Waals surface area contributed by atoms with Gasteiger partial charge in [-0.3, -0.25) is 19.4 Å². The Morgan fingerprint density at radius 1 is 0.898 bits per heavy atom. The van der Waals surface area contributed by atoms with Crippen LogP contribution in [0.1, 0.15) is 82.8 Å². The Morgan fingerprint density at radius 2 is 1.61 bits per heavy atom. The number of aliphatic hydroxyl groups is 2. The van der Waals surface area contributed by atoms with Crippen molar-refractivity contribution in [2.24, 2.45) is 17.8 Å². The molecule has 7 nitrogen and oxygen atoms in total. The first-order valence-corrected chi connectivity index (χ1v) is 18.4. The molecule has 4 atom stereocenters. The van der Waals surface area contributed by atoms with Crippen LogP contribution in [0.25, 0.3) is 16.8 Å². The lowest BCUT2D eigenvalue weighted by Crippen LogP contribution is -2.47. The van der Waals surface area contributed by atoms with Gasteiger partial charge in [0.25, 0.3) is 0 Å². The van der Waals surface area contributed by atoms with Gasteiger partial charge in [0.15, 0.2) is 0 Å². The third-order valence-electron chi connectivity index (χ3n) is 11.1. The molecule has 2 fully saturated rings. The van der Waals surface area contributed by atoms with Crippen LogP contribution >= 0.6 is 0 Å². The van der Waals surface area contributed by atoms with Gasteiger partial charge >= 0.3 is 0 Å². The minimum absolute atomic E-state index is 0.0913. The highest BCUT2D eigenvalue weighted by molar-refractivity contribution is 6.06. The molecule has 0 spiro atoms. The van der Waals surface area contributed by atoms with Crippen molar-refractivity contribution in [1.29, 1.82) is 0 Å². The van der Waals surface area contributed by atoms with E-state index in [2.05, 4.69) is 49.1 Å². The molecular formula is C42H52N2O5. The highest BCUT2D eigenvalue weighted by atomic mass is 16.3. The number of phenols is 1. The molecule has 3 aromatic rings. The molecule has 2 heterocycles. The van der Waals surface area contributed by atoms with Crippen molar-refractivity contribution in [3.63, 3.8) is 0 Å². The zero-order valence-corrected chi connectivity index (χ0v) is 29.1. The van der Waals surface area contributed by atoms with Crippen molar-refractivity contribution in [1.82, 2.24) is 9.80 Å². The second-order valence-corrected chi connectivity index (χ2v) is 14.3. The number of likely N-dealkylation sites (tertiary alicyclic amines) is 2. The molecule has 7 heteroatoms. The van der Waals surface area contributed by atoms with E-state index in [1.54, 1.807) is 11.0 Å². The summed E-state index contributed by atoms with van der Waals surface area (Å²) in [6.07, 6.45) is 7.94. The second kappa shape index (κ2) is 15.8. The summed E-state index contributed by atoms with van der Waals surface area (Å²) in [6.45, 7) is 6.49. The smallest absolute Gasteiger partial charge is 0.234 e. The molecule has 3 aliphatic rings. The van der Waals surface area contributed by atoms with Crippen LogP contribution in [-0.2, 0) is 16.1 Å². The van der Waals surface area contributed by atoms with E-state index in [0.717, 1.165) is 85.6 Å². The molecule has 2 saturated heterocycles. The maximum absolute atomic E-state index is 14.2. The van der Waals surface area contributed by atoms with Crippen LogP contribution in [0.4, 0.5) is 0 Å². The Bertz CT molecular complexity index is 1690. The largest absolute Gasteiger partial charge is 0.507 e. The zero-order chi connectivity index (χ0) is 34.5. The van der Waals surface area contributed by atoms with Gasteiger partial charge in [0.1, 0.15) is 5.75 Å². The molecule has 2 amide bonds. The van der Waals surface area contributed by atoms with Crippen molar-refractivity contribution >= 4 is 28.7 Å². The van der Waals surface area contributed by atoms with Gasteiger partial charge in [0.05, 0.1) is 24.5 Å². The number of carbonyl (C=O) groups excluding carboxylic acids is 2. The molecule has 49 heavy (non-hydrogen) atoms. The van der Waals surface area contributed by atoms with Crippen molar-refractivity contribution in [2.45, 2.75) is 90.3 Å². The van der Waals surface area contributed by atoms with E-state index < -0.39 is 23.9 Å². The van der Waals surface area contributed by atoms with Gasteiger partial charge in [0.2, 0.25) is 11.8 Å². The van der Waals surface area contributed by atoms with Crippen LogP contribution in [0.5, 0.6) is 5.75 Å². The Morgan fingerprint density at radius 3 is 2.31 bits per heavy atom. The number of phenolic OH excluding ortho intramolecular Hbond substituents is 1. The molecule has 6 rings (SSSR count). The van der Waals surface area contributed by atoms with E-state index in [0.29, 0.717) is 19.3 Å². The summed E-state index contributed by atoms with van der Waals surface area (Å²) in [7, 11) is 0. The molecule has 3 aromatic carbocycles. The maximum Gasteiger partial charge on any atom is 0.234 e. The quantitative estimate of drug-likeness (QED) is 0.132. The summed E-state index contributed by atoms with van der Waals surface area (Å²) in [4.78, 5) is 32.1. The fraction of sp³-hybridized carbons (Fsp3) is 0.476. The highest BCUT2D eigenvalue weighted by Crippen LogP contribution is 2.48. The molecule has 0 bridgehead atoms. The van der Waals surface area contributed by atoms with Crippen LogP contribution in [0.3, 0.4) is 0 Å². The fourth-order valence-corrected chi connectivity index (χ4v) is 8.78. The predicted molar refractivity (Wildman–Crippen MR) is 194 cm³/mol. The number of aromatic hydroxyl groups is 1. The fourth-order valence-electron chi connectivity index (χ4n) is 8.78. The number of benzene rings is 3. The minimum Gasteiger partial charge on any atom is -0.507 e. The first kappa shape index (κ1) is 35.1. The van der Waals surface area contributed by atoms with Gasteiger partial charge < -0.3 is 15.3 Å². The maximum atomic E-state index is 14.2. The van der Waals surface area contributed by atoms with Crippen molar-refractivity contribution in [3.8, 4) is 5.75 Å². The molecule has 0 radical (unpaired) electrons. The monoisotopic (exact) mass is 664 g/mol. The Kier molecular flexibility index (Phi) is 11.3. The van der Waals surface area contributed by atoms with Crippen molar-refractivity contribution < 1.29 is 24.9 Å². The Labute approximate surface area is 290 Å². The summed E-state index contributed by atoms with van der Waals surface area (Å²) >= 11 is 0. The lowest BCUT2D eigenvalue weighted by atomic mass is 9.67. The average Bonchev–Trinajstić information content (AvgIpc) is 3.37. The zero-order valence-electron chi connectivity index (χ0n) is 29.1. The number of fused-ring (bicyclic) bond motifs is 2. The number of carbonyl (C=O) groups is 2. The molecule has 0 unspecified atom stereocenters. The number of imide groups is 1. The number of piperidine rings is 1. The van der Waals surface area contributed by atoms with Gasteiger partial charge in [-0.15, -0.1) is 0 Å². The number of allylic oxidation sites excluding steroid dienone is 2. The molecular weight excluding hydrogens is 612 g/mol. The molecule has 1 aliphatic carbocycles. The minimum atomic E-state index is -0.811.